The van der Waals surface area contributed by atoms with E-state index < -0.39 is 0 Å². The Labute approximate surface area is 107 Å². The zero-order chi connectivity index (χ0) is 13.1. The maximum absolute atomic E-state index is 9.40. The molecule has 92 valence electrons. The first-order chi connectivity index (χ1) is 8.69. The molecule has 3 nitrogen and oxygen atoms in total. The van der Waals surface area contributed by atoms with E-state index in [0.717, 1.165) is 28.0 Å². The van der Waals surface area contributed by atoms with Gasteiger partial charge in [-0.05, 0) is 48.2 Å². The summed E-state index contributed by atoms with van der Waals surface area (Å²) in [5.41, 5.74) is 4.23. The molecule has 1 atom stereocenters. The average molecular weight is 240 g/mol. The number of rotatable bonds is 3. The lowest BCUT2D eigenvalue weighted by molar-refractivity contribution is 0.411. The van der Waals surface area contributed by atoms with Crippen molar-refractivity contribution in [1.82, 2.24) is 4.98 Å². The molecule has 3 heteroatoms. The Kier molecular flexibility index (Phi) is 3.38. The molecule has 2 aromatic rings. The summed E-state index contributed by atoms with van der Waals surface area (Å²) in [6, 6.07) is 8.20. The van der Waals surface area contributed by atoms with Crippen molar-refractivity contribution >= 4 is 0 Å². The number of H-pyrrole nitrogens is 1. The third-order valence-electron chi connectivity index (χ3n) is 3.39. The van der Waals surface area contributed by atoms with E-state index in [4.69, 9.17) is 4.74 Å². The van der Waals surface area contributed by atoms with Crippen LogP contribution in [0.2, 0.25) is 0 Å². The molecule has 1 unspecified atom stereocenters. The number of nitriles is 1. The maximum Gasteiger partial charge on any atom is 0.122 e. The van der Waals surface area contributed by atoms with Crippen molar-refractivity contribution in [2.45, 2.75) is 19.8 Å². The summed E-state index contributed by atoms with van der Waals surface area (Å²) in [5.74, 6) is 0.628. The lowest BCUT2D eigenvalue weighted by Crippen LogP contribution is -2.02. The topological polar surface area (TPSA) is 48.8 Å². The van der Waals surface area contributed by atoms with Gasteiger partial charge in [0.25, 0.3) is 0 Å². The summed E-state index contributed by atoms with van der Waals surface area (Å²) in [7, 11) is 1.66. The molecule has 18 heavy (non-hydrogen) atoms. The Morgan fingerprint density at radius 2 is 2.00 bits per heavy atom. The number of benzene rings is 1. The molecule has 1 aromatic carbocycles. The molecule has 0 aliphatic carbocycles. The van der Waals surface area contributed by atoms with E-state index in [1.165, 1.54) is 0 Å². The van der Waals surface area contributed by atoms with Gasteiger partial charge in [0.15, 0.2) is 0 Å². The van der Waals surface area contributed by atoms with Crippen LogP contribution in [0.3, 0.4) is 0 Å². The van der Waals surface area contributed by atoms with E-state index in [9.17, 15) is 5.26 Å². The molecular formula is C15H16N2O. The Bertz CT molecular complexity index is 579. The third kappa shape index (κ3) is 1.98. The van der Waals surface area contributed by atoms with Crippen LogP contribution in [0, 0.1) is 25.2 Å². The van der Waals surface area contributed by atoms with Crippen LogP contribution in [-0.4, -0.2) is 12.1 Å². The van der Waals surface area contributed by atoms with Gasteiger partial charge in [-0.25, -0.2) is 0 Å². The van der Waals surface area contributed by atoms with Crippen LogP contribution in [0.1, 0.15) is 28.2 Å². The van der Waals surface area contributed by atoms with Crippen molar-refractivity contribution in [2.24, 2.45) is 0 Å². The number of nitrogens with zero attached hydrogens (tertiary/aromatic N) is 1. The molecule has 0 bridgehead atoms. The van der Waals surface area contributed by atoms with Gasteiger partial charge in [0.1, 0.15) is 5.75 Å². The van der Waals surface area contributed by atoms with Crippen molar-refractivity contribution in [3.8, 4) is 11.8 Å². The summed E-state index contributed by atoms with van der Waals surface area (Å²) in [6.07, 6.45) is 3.71. The molecule has 0 saturated carbocycles. The summed E-state index contributed by atoms with van der Waals surface area (Å²) in [4.78, 5) is 3.00. The summed E-state index contributed by atoms with van der Waals surface area (Å²) < 4.78 is 5.30. The van der Waals surface area contributed by atoms with Gasteiger partial charge in [0.05, 0.1) is 19.1 Å². The van der Waals surface area contributed by atoms with Crippen LogP contribution in [0.15, 0.2) is 30.6 Å². The Hall–Kier alpha value is -2.21. The molecule has 2 rings (SSSR count). The van der Waals surface area contributed by atoms with Gasteiger partial charge >= 0.3 is 0 Å². The van der Waals surface area contributed by atoms with Crippen molar-refractivity contribution in [2.75, 3.05) is 7.11 Å². The number of methoxy groups -OCH3 is 1. The molecule has 1 N–H and O–H groups in total. The number of hydrogen-bond acceptors (Lipinski definition) is 2. The zero-order valence-corrected chi connectivity index (χ0v) is 10.8. The van der Waals surface area contributed by atoms with Crippen molar-refractivity contribution in [3.63, 3.8) is 0 Å². The van der Waals surface area contributed by atoms with Crippen LogP contribution < -0.4 is 4.74 Å². The molecule has 0 radical (unpaired) electrons. The van der Waals surface area contributed by atoms with Crippen LogP contribution in [0.5, 0.6) is 5.75 Å². The SMILES string of the molecule is COc1ccc(C(C#N)c2cc[nH]c2)c(C)c1C. The van der Waals surface area contributed by atoms with Gasteiger partial charge in [0, 0.05) is 12.4 Å². The number of nitrogens with one attached hydrogen (secondary N) is 1. The van der Waals surface area contributed by atoms with E-state index in [0.29, 0.717) is 0 Å². The van der Waals surface area contributed by atoms with Gasteiger partial charge in [-0.1, -0.05) is 6.07 Å². The van der Waals surface area contributed by atoms with Gasteiger partial charge in [0.2, 0.25) is 0 Å². The maximum atomic E-state index is 9.40. The minimum atomic E-state index is -0.235. The Morgan fingerprint density at radius 3 is 2.56 bits per heavy atom. The molecule has 0 spiro atoms. The Morgan fingerprint density at radius 1 is 1.22 bits per heavy atom. The molecule has 1 aromatic heterocycles. The van der Waals surface area contributed by atoms with Gasteiger partial charge in [-0.3, -0.25) is 0 Å². The largest absolute Gasteiger partial charge is 0.496 e. The summed E-state index contributed by atoms with van der Waals surface area (Å²) in [5, 5.41) is 9.40. The average Bonchev–Trinajstić information content (AvgIpc) is 2.89. The van der Waals surface area contributed by atoms with E-state index in [1.807, 2.05) is 44.4 Å². The molecule has 0 saturated heterocycles. The van der Waals surface area contributed by atoms with Crippen LogP contribution in [0.4, 0.5) is 0 Å². The predicted octanol–water partition coefficient (Wildman–Crippen LogP) is 3.30. The fraction of sp³-hybridized carbons (Fsp3) is 0.267. The molecule has 0 amide bonds. The quantitative estimate of drug-likeness (QED) is 0.894. The first kappa shape index (κ1) is 12.3. The number of hydrogen-bond donors (Lipinski definition) is 1. The van der Waals surface area contributed by atoms with E-state index in [1.54, 1.807) is 7.11 Å². The third-order valence-corrected chi connectivity index (χ3v) is 3.39. The van der Waals surface area contributed by atoms with E-state index in [-0.39, 0.29) is 5.92 Å². The second-order valence-corrected chi connectivity index (χ2v) is 4.31. The molecular weight excluding hydrogens is 224 g/mol. The number of ether oxygens (including phenoxy) is 1. The fourth-order valence-electron chi connectivity index (χ4n) is 2.19. The van der Waals surface area contributed by atoms with Crippen LogP contribution >= 0.6 is 0 Å². The summed E-state index contributed by atoms with van der Waals surface area (Å²) in [6.45, 7) is 4.05. The van der Waals surface area contributed by atoms with Gasteiger partial charge in [-0.15, -0.1) is 0 Å². The summed E-state index contributed by atoms with van der Waals surface area (Å²) >= 11 is 0. The minimum absolute atomic E-state index is 0.235. The lowest BCUT2D eigenvalue weighted by Gasteiger charge is -2.15. The number of aromatic nitrogens is 1. The van der Waals surface area contributed by atoms with Crippen molar-refractivity contribution < 1.29 is 4.74 Å². The van der Waals surface area contributed by atoms with Crippen LogP contribution in [0.25, 0.3) is 0 Å². The van der Waals surface area contributed by atoms with Crippen molar-refractivity contribution in [3.05, 3.63) is 52.8 Å². The second kappa shape index (κ2) is 4.97. The highest BCUT2D eigenvalue weighted by molar-refractivity contribution is 5.49. The monoisotopic (exact) mass is 240 g/mol. The van der Waals surface area contributed by atoms with Crippen LogP contribution in [-0.2, 0) is 0 Å². The van der Waals surface area contributed by atoms with Gasteiger partial charge < -0.3 is 9.72 Å². The highest BCUT2D eigenvalue weighted by Crippen LogP contribution is 2.31. The molecule has 0 aliphatic heterocycles. The van der Waals surface area contributed by atoms with E-state index >= 15 is 0 Å². The second-order valence-electron chi connectivity index (χ2n) is 4.31. The number of aromatic amines is 1. The zero-order valence-electron chi connectivity index (χ0n) is 10.8. The standard InChI is InChI=1S/C15H16N2O/c1-10-11(2)15(18-3)5-4-13(10)14(8-16)12-6-7-17-9-12/h4-7,9,14,17H,1-3H3. The highest BCUT2D eigenvalue weighted by Gasteiger charge is 2.18. The first-order valence-electron chi connectivity index (χ1n) is 5.85. The fourth-order valence-corrected chi connectivity index (χ4v) is 2.19. The minimum Gasteiger partial charge on any atom is -0.496 e. The smallest absolute Gasteiger partial charge is 0.122 e. The molecule has 1 heterocycles. The van der Waals surface area contributed by atoms with Crippen molar-refractivity contribution in [1.29, 1.82) is 5.26 Å². The highest BCUT2D eigenvalue weighted by atomic mass is 16.5. The Balaban J connectivity index is 2.51. The normalized spacial score (nSPS) is 11.9. The lowest BCUT2D eigenvalue weighted by atomic mass is 9.89. The molecule has 0 fully saturated rings. The first-order valence-corrected chi connectivity index (χ1v) is 5.85. The molecule has 0 aliphatic rings. The van der Waals surface area contributed by atoms with E-state index in [2.05, 4.69) is 11.1 Å². The van der Waals surface area contributed by atoms with Gasteiger partial charge in [-0.2, -0.15) is 5.26 Å². The predicted molar refractivity (Wildman–Crippen MR) is 70.7 cm³/mol.